The van der Waals surface area contributed by atoms with E-state index in [1.165, 1.54) is 36.1 Å². The van der Waals surface area contributed by atoms with E-state index in [9.17, 15) is 0 Å². The summed E-state index contributed by atoms with van der Waals surface area (Å²) in [7, 11) is 0. The molecule has 0 saturated carbocycles. The van der Waals surface area contributed by atoms with Crippen molar-refractivity contribution in [2.75, 3.05) is 0 Å². The molecule has 2 heteroatoms. The molecule has 0 fully saturated rings. The first kappa shape index (κ1) is 10.6. The minimum absolute atomic E-state index is 0.376. The van der Waals surface area contributed by atoms with Crippen LogP contribution >= 0.6 is 0 Å². The summed E-state index contributed by atoms with van der Waals surface area (Å²) in [5.74, 6) is 0. The molecular weight excluding hydrogens is 208 g/mol. The molecule has 0 radical (unpaired) electrons. The fourth-order valence-electron chi connectivity index (χ4n) is 2.95. The molecule has 1 unspecified atom stereocenters. The van der Waals surface area contributed by atoms with Gasteiger partial charge in [0.15, 0.2) is 0 Å². The number of rotatable bonds is 2. The number of nitrogens with zero attached hydrogens (tertiary/aromatic N) is 1. The van der Waals surface area contributed by atoms with Crippen LogP contribution in [-0.4, -0.2) is 9.97 Å². The van der Waals surface area contributed by atoms with Crippen molar-refractivity contribution in [3.05, 3.63) is 53.6 Å². The summed E-state index contributed by atoms with van der Waals surface area (Å²) < 4.78 is 0. The van der Waals surface area contributed by atoms with Gasteiger partial charge in [-0.25, -0.2) is 4.98 Å². The molecule has 2 aromatic rings. The van der Waals surface area contributed by atoms with Crippen LogP contribution in [0.15, 0.2) is 36.8 Å². The van der Waals surface area contributed by atoms with E-state index < -0.39 is 0 Å². The highest BCUT2D eigenvalue weighted by Crippen LogP contribution is 2.37. The number of aryl methyl sites for hydroxylation is 1. The van der Waals surface area contributed by atoms with Crippen molar-refractivity contribution in [1.82, 2.24) is 9.97 Å². The maximum Gasteiger partial charge on any atom is 0.0921 e. The molecule has 1 heterocycles. The van der Waals surface area contributed by atoms with Crippen LogP contribution in [0.4, 0.5) is 0 Å². The lowest BCUT2D eigenvalue weighted by Crippen LogP contribution is -2.28. The quantitative estimate of drug-likeness (QED) is 0.837. The van der Waals surface area contributed by atoms with Crippen molar-refractivity contribution in [3.63, 3.8) is 0 Å². The number of aromatic amines is 1. The van der Waals surface area contributed by atoms with Crippen molar-refractivity contribution in [2.45, 2.75) is 32.6 Å². The van der Waals surface area contributed by atoms with Crippen LogP contribution in [-0.2, 0) is 19.3 Å². The van der Waals surface area contributed by atoms with Crippen LogP contribution in [0.3, 0.4) is 0 Å². The van der Waals surface area contributed by atoms with E-state index in [1.54, 1.807) is 6.33 Å². The maximum absolute atomic E-state index is 4.11. The molecule has 0 saturated heterocycles. The Labute approximate surface area is 102 Å². The maximum atomic E-state index is 4.11. The number of aromatic nitrogens is 2. The molecule has 1 aromatic carbocycles. The predicted octanol–water partition coefficient (Wildman–Crippen LogP) is 3.15. The Hall–Kier alpha value is -1.57. The Morgan fingerprint density at radius 1 is 1.29 bits per heavy atom. The van der Waals surface area contributed by atoms with Crippen LogP contribution in [0.25, 0.3) is 0 Å². The fourth-order valence-corrected chi connectivity index (χ4v) is 2.95. The van der Waals surface area contributed by atoms with Gasteiger partial charge in [-0.1, -0.05) is 31.2 Å². The summed E-state index contributed by atoms with van der Waals surface area (Å²) in [6.45, 7) is 2.39. The number of hydrogen-bond acceptors (Lipinski definition) is 1. The lowest BCUT2D eigenvalue weighted by atomic mass is 9.70. The van der Waals surface area contributed by atoms with Crippen LogP contribution in [0.2, 0.25) is 0 Å². The van der Waals surface area contributed by atoms with Crippen LogP contribution in [0.5, 0.6) is 0 Å². The standard InChI is InChI=1S/C15H18N2/c1-15(9-14-10-16-11-17-14)7-6-12-4-2-3-5-13(12)8-15/h2-5,10-11H,6-9H2,1H3,(H,16,17). The van der Waals surface area contributed by atoms with Gasteiger partial charge in [0.05, 0.1) is 6.33 Å². The first-order valence-electron chi connectivity index (χ1n) is 6.29. The zero-order chi connectivity index (χ0) is 11.7. The van der Waals surface area contributed by atoms with Gasteiger partial charge in [0.1, 0.15) is 0 Å². The molecule has 1 N–H and O–H groups in total. The highest BCUT2D eigenvalue weighted by Gasteiger charge is 2.30. The van der Waals surface area contributed by atoms with Crippen LogP contribution < -0.4 is 0 Å². The Morgan fingerprint density at radius 3 is 2.88 bits per heavy atom. The van der Waals surface area contributed by atoms with E-state index in [-0.39, 0.29) is 0 Å². The highest BCUT2D eigenvalue weighted by molar-refractivity contribution is 5.31. The van der Waals surface area contributed by atoms with E-state index in [0.717, 1.165) is 6.42 Å². The number of H-pyrrole nitrogens is 1. The monoisotopic (exact) mass is 226 g/mol. The number of hydrogen-bond donors (Lipinski definition) is 1. The van der Waals surface area contributed by atoms with E-state index in [0.29, 0.717) is 5.41 Å². The van der Waals surface area contributed by atoms with Gasteiger partial charge < -0.3 is 4.98 Å². The fraction of sp³-hybridized carbons (Fsp3) is 0.400. The van der Waals surface area contributed by atoms with Crippen LogP contribution in [0, 0.1) is 5.41 Å². The van der Waals surface area contributed by atoms with Crippen LogP contribution in [0.1, 0.15) is 30.2 Å². The summed E-state index contributed by atoms with van der Waals surface area (Å²) in [5, 5.41) is 0. The van der Waals surface area contributed by atoms with Gasteiger partial charge in [0, 0.05) is 11.9 Å². The average molecular weight is 226 g/mol. The zero-order valence-corrected chi connectivity index (χ0v) is 10.2. The molecule has 1 aliphatic carbocycles. The summed E-state index contributed by atoms with van der Waals surface area (Å²) >= 11 is 0. The second kappa shape index (κ2) is 4.02. The largest absolute Gasteiger partial charge is 0.348 e. The first-order valence-corrected chi connectivity index (χ1v) is 6.29. The Morgan fingerprint density at radius 2 is 2.12 bits per heavy atom. The molecule has 3 rings (SSSR count). The smallest absolute Gasteiger partial charge is 0.0921 e. The summed E-state index contributed by atoms with van der Waals surface area (Å²) in [6, 6.07) is 8.85. The van der Waals surface area contributed by atoms with Gasteiger partial charge in [0.25, 0.3) is 0 Å². The second-order valence-corrected chi connectivity index (χ2v) is 5.51. The summed E-state index contributed by atoms with van der Waals surface area (Å²) in [6.07, 6.45) is 8.48. The normalized spacial score (nSPS) is 23.4. The molecule has 0 bridgehead atoms. The van der Waals surface area contributed by atoms with Gasteiger partial charge in [-0.3, -0.25) is 0 Å². The number of imidazole rings is 1. The van der Waals surface area contributed by atoms with Crippen molar-refractivity contribution < 1.29 is 0 Å². The van der Waals surface area contributed by atoms with Crippen molar-refractivity contribution in [3.8, 4) is 0 Å². The molecule has 1 atom stereocenters. The zero-order valence-electron chi connectivity index (χ0n) is 10.2. The molecule has 1 aliphatic rings. The SMILES string of the molecule is CC1(Cc2cnc[nH]2)CCc2ccccc2C1. The summed E-state index contributed by atoms with van der Waals surface area (Å²) in [4.78, 5) is 7.33. The molecule has 0 aliphatic heterocycles. The lowest BCUT2D eigenvalue weighted by Gasteiger charge is -2.34. The molecule has 17 heavy (non-hydrogen) atoms. The first-order chi connectivity index (χ1) is 8.25. The van der Waals surface area contributed by atoms with E-state index in [2.05, 4.69) is 41.2 Å². The Kier molecular flexibility index (Phi) is 2.50. The van der Waals surface area contributed by atoms with Gasteiger partial charge in [-0.15, -0.1) is 0 Å². The molecule has 1 aromatic heterocycles. The molecular formula is C15H18N2. The van der Waals surface area contributed by atoms with Crippen molar-refractivity contribution in [1.29, 1.82) is 0 Å². The van der Waals surface area contributed by atoms with Gasteiger partial charge in [-0.05, 0) is 42.2 Å². The van der Waals surface area contributed by atoms with E-state index >= 15 is 0 Å². The Bertz CT molecular complexity index is 501. The number of nitrogens with one attached hydrogen (secondary N) is 1. The van der Waals surface area contributed by atoms with E-state index in [1.807, 2.05) is 6.20 Å². The third-order valence-electron chi connectivity index (χ3n) is 3.91. The van der Waals surface area contributed by atoms with Gasteiger partial charge >= 0.3 is 0 Å². The third kappa shape index (κ3) is 2.12. The van der Waals surface area contributed by atoms with Gasteiger partial charge in [-0.2, -0.15) is 0 Å². The molecule has 88 valence electrons. The minimum atomic E-state index is 0.376. The molecule has 0 amide bonds. The van der Waals surface area contributed by atoms with Crippen molar-refractivity contribution in [2.24, 2.45) is 5.41 Å². The topological polar surface area (TPSA) is 28.7 Å². The van der Waals surface area contributed by atoms with Crippen molar-refractivity contribution >= 4 is 0 Å². The average Bonchev–Trinajstić information content (AvgIpc) is 2.81. The Balaban J connectivity index is 1.82. The summed E-state index contributed by atoms with van der Waals surface area (Å²) in [5.41, 5.74) is 4.70. The van der Waals surface area contributed by atoms with E-state index in [4.69, 9.17) is 0 Å². The second-order valence-electron chi connectivity index (χ2n) is 5.51. The highest BCUT2D eigenvalue weighted by atomic mass is 14.9. The molecule has 0 spiro atoms. The third-order valence-corrected chi connectivity index (χ3v) is 3.91. The number of benzene rings is 1. The van der Waals surface area contributed by atoms with Gasteiger partial charge in [0.2, 0.25) is 0 Å². The lowest BCUT2D eigenvalue weighted by molar-refractivity contribution is 0.274. The predicted molar refractivity (Wildman–Crippen MR) is 68.9 cm³/mol. The minimum Gasteiger partial charge on any atom is -0.348 e. The number of fused-ring (bicyclic) bond motifs is 1. The molecule has 2 nitrogen and oxygen atoms in total.